The topological polar surface area (TPSA) is 127 Å². The van der Waals surface area contributed by atoms with Crippen molar-refractivity contribution >= 4 is 23.1 Å². The Bertz CT molecular complexity index is 703. The van der Waals surface area contributed by atoms with Crippen molar-refractivity contribution in [1.82, 2.24) is 19.9 Å². The molecule has 0 radical (unpaired) electrons. The van der Waals surface area contributed by atoms with Gasteiger partial charge in [0.2, 0.25) is 5.95 Å². The number of ether oxygens (including phenoxy) is 1. The molecule has 8 nitrogen and oxygen atoms in total. The molecule has 0 aliphatic rings. The van der Waals surface area contributed by atoms with Crippen LogP contribution >= 0.6 is 0 Å². The largest absolute Gasteiger partial charge is 0.465 e. The first-order valence-electron chi connectivity index (χ1n) is 6.84. The number of nitrogens with two attached hydrogens (primary N) is 1. The summed E-state index contributed by atoms with van der Waals surface area (Å²) in [4.78, 5) is 37.3. The monoisotopic (exact) mass is 293 g/mol. The first-order chi connectivity index (χ1) is 9.92. The predicted octanol–water partition coefficient (Wildman–Crippen LogP) is 0.921. The second-order valence-corrected chi connectivity index (χ2v) is 5.21. The lowest BCUT2D eigenvalue weighted by atomic mass is 9.96. The fourth-order valence-electron chi connectivity index (χ4n) is 2.14. The number of fused-ring (bicyclic) bond motifs is 1. The number of nitrogens with zero attached hydrogens (tertiary/aromatic N) is 2. The van der Waals surface area contributed by atoms with Crippen LogP contribution in [0.3, 0.4) is 0 Å². The van der Waals surface area contributed by atoms with Crippen LogP contribution < -0.4 is 11.3 Å². The molecule has 2 heterocycles. The van der Waals surface area contributed by atoms with Crippen molar-refractivity contribution < 1.29 is 9.53 Å². The van der Waals surface area contributed by atoms with Gasteiger partial charge in [0.25, 0.3) is 5.56 Å². The molecule has 0 aliphatic heterocycles. The van der Waals surface area contributed by atoms with Crippen molar-refractivity contribution in [3.05, 3.63) is 16.2 Å². The fourth-order valence-corrected chi connectivity index (χ4v) is 2.14. The summed E-state index contributed by atoms with van der Waals surface area (Å²) < 4.78 is 5.08. The molecule has 2 aromatic rings. The van der Waals surface area contributed by atoms with Crippen molar-refractivity contribution in [2.45, 2.75) is 33.1 Å². The summed E-state index contributed by atoms with van der Waals surface area (Å²) in [6.07, 6.45) is 0.562. The summed E-state index contributed by atoms with van der Waals surface area (Å²) >= 11 is 0. The highest BCUT2D eigenvalue weighted by atomic mass is 16.5. The van der Waals surface area contributed by atoms with E-state index in [1.807, 2.05) is 13.8 Å². The number of anilines is 1. The molecular weight excluding hydrogens is 274 g/mol. The quantitative estimate of drug-likeness (QED) is 0.703. The second kappa shape index (κ2) is 5.94. The summed E-state index contributed by atoms with van der Waals surface area (Å²) in [5.41, 5.74) is 5.48. The van der Waals surface area contributed by atoms with E-state index in [2.05, 4.69) is 19.9 Å². The molecule has 21 heavy (non-hydrogen) atoms. The van der Waals surface area contributed by atoms with E-state index in [1.54, 1.807) is 6.92 Å². The molecule has 0 saturated carbocycles. The number of H-pyrrole nitrogens is 2. The van der Waals surface area contributed by atoms with Crippen molar-refractivity contribution in [2.75, 3.05) is 12.3 Å². The van der Waals surface area contributed by atoms with Crippen LogP contribution in [-0.4, -0.2) is 32.5 Å². The Balaban J connectivity index is 2.46. The van der Waals surface area contributed by atoms with Crippen LogP contribution in [0.15, 0.2) is 4.79 Å². The average molecular weight is 293 g/mol. The third-order valence-electron chi connectivity index (χ3n) is 3.01. The average Bonchev–Trinajstić information content (AvgIpc) is 2.79. The zero-order chi connectivity index (χ0) is 15.6. The van der Waals surface area contributed by atoms with E-state index in [4.69, 9.17) is 10.5 Å². The minimum Gasteiger partial charge on any atom is -0.465 e. The third-order valence-corrected chi connectivity index (χ3v) is 3.01. The number of rotatable bonds is 5. The predicted molar refractivity (Wildman–Crippen MR) is 77.8 cm³/mol. The SMILES string of the molecule is CCOC(=O)C(CC(C)C)c1nc2nc(N)[nH]c(=O)c2[nH]1. The van der Waals surface area contributed by atoms with Crippen LogP contribution in [0, 0.1) is 5.92 Å². The number of nitrogens with one attached hydrogen (secondary N) is 2. The maximum atomic E-state index is 12.1. The molecule has 0 bridgehead atoms. The Morgan fingerprint density at radius 2 is 2.05 bits per heavy atom. The highest BCUT2D eigenvalue weighted by Crippen LogP contribution is 2.24. The molecule has 8 heteroatoms. The molecule has 0 saturated heterocycles. The second-order valence-electron chi connectivity index (χ2n) is 5.21. The van der Waals surface area contributed by atoms with E-state index in [9.17, 15) is 9.59 Å². The molecule has 0 spiro atoms. The molecule has 0 fully saturated rings. The first kappa shape index (κ1) is 15.0. The number of imidazole rings is 1. The number of carbonyl (C=O) groups is 1. The maximum Gasteiger partial charge on any atom is 0.316 e. The van der Waals surface area contributed by atoms with E-state index < -0.39 is 11.5 Å². The number of nitrogen functional groups attached to an aromatic ring is 1. The molecule has 0 aromatic carbocycles. The van der Waals surface area contributed by atoms with E-state index in [1.165, 1.54) is 0 Å². The van der Waals surface area contributed by atoms with Crippen LogP contribution in [0.2, 0.25) is 0 Å². The standard InChI is InChI=1S/C13H19N5O3/c1-4-21-12(20)7(5-6(2)3)9-15-8-10(16-9)17-13(14)18-11(8)19/h6-7H,4-5H2,1-3H3,(H4,14,15,16,17,18,19). The summed E-state index contributed by atoms with van der Waals surface area (Å²) in [7, 11) is 0. The maximum absolute atomic E-state index is 12.1. The molecule has 114 valence electrons. The Morgan fingerprint density at radius 3 is 2.67 bits per heavy atom. The molecule has 1 unspecified atom stereocenters. The minimum atomic E-state index is -0.556. The van der Waals surface area contributed by atoms with E-state index >= 15 is 0 Å². The Kier molecular flexibility index (Phi) is 4.25. The number of carbonyl (C=O) groups excluding carboxylic acids is 1. The van der Waals surface area contributed by atoms with Crippen LogP contribution in [0.5, 0.6) is 0 Å². The van der Waals surface area contributed by atoms with Gasteiger partial charge in [0, 0.05) is 0 Å². The van der Waals surface area contributed by atoms with Gasteiger partial charge in [0.1, 0.15) is 11.7 Å². The molecule has 2 aromatic heterocycles. The van der Waals surface area contributed by atoms with Crippen LogP contribution in [-0.2, 0) is 9.53 Å². The molecule has 4 N–H and O–H groups in total. The zero-order valence-corrected chi connectivity index (χ0v) is 12.3. The van der Waals surface area contributed by atoms with Crippen LogP contribution in [0.4, 0.5) is 5.95 Å². The van der Waals surface area contributed by atoms with Gasteiger partial charge in [-0.2, -0.15) is 4.98 Å². The van der Waals surface area contributed by atoms with E-state index in [0.717, 1.165) is 0 Å². The number of hydrogen-bond acceptors (Lipinski definition) is 6. The first-order valence-corrected chi connectivity index (χ1v) is 6.84. The molecular formula is C13H19N5O3. The van der Waals surface area contributed by atoms with Crippen molar-refractivity contribution in [3.8, 4) is 0 Å². The highest BCUT2D eigenvalue weighted by Gasteiger charge is 2.27. The highest BCUT2D eigenvalue weighted by molar-refractivity contribution is 5.79. The number of esters is 1. The van der Waals surface area contributed by atoms with Crippen LogP contribution in [0.1, 0.15) is 38.9 Å². The summed E-state index contributed by atoms with van der Waals surface area (Å²) in [5.74, 6) is -0.291. The van der Waals surface area contributed by atoms with Gasteiger partial charge in [-0.25, -0.2) is 4.98 Å². The molecule has 0 amide bonds. The number of hydrogen-bond donors (Lipinski definition) is 3. The Morgan fingerprint density at radius 1 is 1.33 bits per heavy atom. The normalized spacial score (nSPS) is 12.8. The fraction of sp³-hybridized carbons (Fsp3) is 0.538. The van der Waals surface area contributed by atoms with Gasteiger partial charge in [-0.1, -0.05) is 13.8 Å². The van der Waals surface area contributed by atoms with Gasteiger partial charge in [-0.05, 0) is 19.3 Å². The van der Waals surface area contributed by atoms with Crippen LogP contribution in [0.25, 0.3) is 11.2 Å². The van der Waals surface area contributed by atoms with E-state index in [-0.39, 0.29) is 29.0 Å². The van der Waals surface area contributed by atoms with Gasteiger partial charge < -0.3 is 15.5 Å². The lowest BCUT2D eigenvalue weighted by Gasteiger charge is -2.15. The molecule has 1 atom stereocenters. The Hall–Kier alpha value is -2.38. The molecule has 2 rings (SSSR count). The summed E-state index contributed by atoms with van der Waals surface area (Å²) in [6, 6.07) is 0. The lowest BCUT2D eigenvalue weighted by molar-refractivity contribution is -0.145. The van der Waals surface area contributed by atoms with Gasteiger partial charge in [-0.3, -0.25) is 14.6 Å². The van der Waals surface area contributed by atoms with Crippen molar-refractivity contribution in [1.29, 1.82) is 0 Å². The number of aromatic amines is 2. The van der Waals surface area contributed by atoms with Gasteiger partial charge >= 0.3 is 5.97 Å². The van der Waals surface area contributed by atoms with Crippen molar-refractivity contribution in [2.24, 2.45) is 5.92 Å². The van der Waals surface area contributed by atoms with Gasteiger partial charge in [-0.15, -0.1) is 0 Å². The Labute approximate surface area is 121 Å². The summed E-state index contributed by atoms with van der Waals surface area (Å²) in [5, 5.41) is 0. The minimum absolute atomic E-state index is 0.0119. The zero-order valence-electron chi connectivity index (χ0n) is 12.3. The van der Waals surface area contributed by atoms with Gasteiger partial charge in [0.15, 0.2) is 11.2 Å². The smallest absolute Gasteiger partial charge is 0.316 e. The van der Waals surface area contributed by atoms with Crippen molar-refractivity contribution in [3.63, 3.8) is 0 Å². The lowest BCUT2D eigenvalue weighted by Crippen LogP contribution is -2.19. The van der Waals surface area contributed by atoms with E-state index in [0.29, 0.717) is 18.9 Å². The number of aromatic nitrogens is 4. The summed E-state index contributed by atoms with van der Waals surface area (Å²) in [6.45, 7) is 6.03. The third kappa shape index (κ3) is 3.21. The van der Waals surface area contributed by atoms with Gasteiger partial charge in [0.05, 0.1) is 6.61 Å². The molecule has 0 aliphatic carbocycles.